The molecule has 0 aromatic carbocycles. The van der Waals surface area contributed by atoms with Gasteiger partial charge >= 0.3 is 0 Å². The second kappa shape index (κ2) is 7.43. The number of nitrogens with zero attached hydrogens (tertiary/aromatic N) is 1. The first-order chi connectivity index (χ1) is 14.8. The van der Waals surface area contributed by atoms with Gasteiger partial charge in [-0.05, 0) is 90.2 Å². The minimum absolute atomic E-state index is 0.0156. The molecular weight excluding hydrogens is 411 g/mol. The van der Waals surface area contributed by atoms with Gasteiger partial charge in [-0.3, -0.25) is 9.59 Å². The van der Waals surface area contributed by atoms with Crippen molar-refractivity contribution in [3.63, 3.8) is 0 Å². The Morgan fingerprint density at radius 2 is 2.03 bits per heavy atom. The molecule has 1 aromatic heterocycles. The summed E-state index contributed by atoms with van der Waals surface area (Å²) in [6, 6.07) is 2.14. The normalized spacial score (nSPS) is 41.8. The van der Waals surface area contributed by atoms with Gasteiger partial charge < -0.3 is 10.2 Å². The van der Waals surface area contributed by atoms with Gasteiger partial charge in [-0.25, -0.2) is 4.39 Å². The maximum atomic E-state index is 14.5. The summed E-state index contributed by atoms with van der Waals surface area (Å²) in [4.78, 5) is 27.0. The van der Waals surface area contributed by atoms with E-state index >= 15 is 0 Å². The molecule has 0 radical (unpaired) electrons. The lowest BCUT2D eigenvalue weighted by Gasteiger charge is -2.60. The lowest BCUT2D eigenvalue weighted by Crippen LogP contribution is -2.60. The van der Waals surface area contributed by atoms with E-state index in [0.717, 1.165) is 44.1 Å². The maximum absolute atomic E-state index is 14.5. The zero-order valence-electron chi connectivity index (χ0n) is 18.7. The van der Waals surface area contributed by atoms with Crippen molar-refractivity contribution in [3.8, 4) is 0 Å². The van der Waals surface area contributed by atoms with Crippen LogP contribution in [0.25, 0.3) is 0 Å². The van der Waals surface area contributed by atoms with Crippen LogP contribution in [0.5, 0.6) is 0 Å². The molecule has 4 aliphatic rings. The summed E-state index contributed by atoms with van der Waals surface area (Å²) < 4.78 is 14.5. The second-order valence-electron chi connectivity index (χ2n) is 10.8. The van der Waals surface area contributed by atoms with Crippen LogP contribution < -0.4 is 5.32 Å². The number of carbonyl (C=O) groups excluding carboxylic acids is 2. The van der Waals surface area contributed by atoms with Gasteiger partial charge in [0.15, 0.2) is 5.83 Å². The van der Waals surface area contributed by atoms with E-state index in [9.17, 15) is 14.0 Å². The zero-order valence-corrected chi connectivity index (χ0v) is 19.5. The number of carbonyl (C=O) groups is 2. The number of likely N-dealkylation sites (N-methyl/N-ethyl adjacent to an activating group) is 1. The molecule has 1 aliphatic heterocycles. The van der Waals surface area contributed by atoms with E-state index in [2.05, 4.69) is 30.6 Å². The van der Waals surface area contributed by atoms with Crippen molar-refractivity contribution < 1.29 is 14.0 Å². The Hall–Kier alpha value is -1.69. The van der Waals surface area contributed by atoms with Crippen molar-refractivity contribution in [1.82, 2.24) is 10.2 Å². The molecule has 4 nitrogen and oxygen atoms in total. The Balaban J connectivity index is 1.36. The van der Waals surface area contributed by atoms with E-state index < -0.39 is 11.7 Å². The molecule has 6 heteroatoms. The molecule has 0 unspecified atom stereocenters. The van der Waals surface area contributed by atoms with Crippen LogP contribution in [-0.4, -0.2) is 29.8 Å². The molecule has 1 aromatic rings. The topological polar surface area (TPSA) is 49.4 Å². The molecular formula is C25H33FN2O2S. The fourth-order valence-electron chi connectivity index (χ4n) is 7.97. The maximum Gasteiger partial charge on any atom is 0.282 e. The highest BCUT2D eigenvalue weighted by Crippen LogP contribution is 2.65. The van der Waals surface area contributed by atoms with Crippen molar-refractivity contribution in [2.75, 3.05) is 7.05 Å². The SMILES string of the molecule is CN1C(=O)C(F)=C[C@]2(C)[C@H]3CC[C@]4(C)[C@@H](C(=O)NCc5ccsc5)CC[C@H]4[C@@H]3CC[C@@H]12. The summed E-state index contributed by atoms with van der Waals surface area (Å²) in [5, 5.41) is 7.32. The highest BCUT2D eigenvalue weighted by Gasteiger charge is 2.62. The Morgan fingerprint density at radius 1 is 1.23 bits per heavy atom. The molecule has 31 heavy (non-hydrogen) atoms. The molecule has 3 fully saturated rings. The van der Waals surface area contributed by atoms with Crippen LogP contribution in [0.15, 0.2) is 28.7 Å². The molecule has 3 aliphatic carbocycles. The number of hydrogen-bond donors (Lipinski definition) is 1. The molecule has 2 amide bonds. The van der Waals surface area contributed by atoms with Crippen molar-refractivity contribution in [1.29, 1.82) is 0 Å². The van der Waals surface area contributed by atoms with E-state index in [1.807, 2.05) is 5.38 Å². The standard InChI is InChI=1S/C25H33FN2O2S/c1-24-10-8-18-16(4-7-21-25(18,2)12-20(26)23(30)28(21)3)17(24)5-6-19(24)22(29)27-13-15-9-11-31-14-15/h9,11-12,14,16-19,21H,4-8,10,13H2,1-3H3,(H,27,29)/t16-,17-,18-,19+,21+,24-,25+/m0/s1. The van der Waals surface area contributed by atoms with Gasteiger partial charge in [0, 0.05) is 31.0 Å². The summed E-state index contributed by atoms with van der Waals surface area (Å²) in [7, 11) is 1.76. The molecule has 1 N–H and O–H groups in total. The number of thiophene rings is 1. The molecule has 3 saturated carbocycles. The summed E-state index contributed by atoms with van der Waals surface area (Å²) in [5.74, 6) is 0.574. The third-order valence-electron chi connectivity index (χ3n) is 9.52. The van der Waals surface area contributed by atoms with Crippen LogP contribution in [0, 0.1) is 34.5 Å². The first kappa shape index (κ1) is 21.2. The predicted molar refractivity (Wildman–Crippen MR) is 120 cm³/mol. The summed E-state index contributed by atoms with van der Waals surface area (Å²) in [6.45, 7) is 5.10. The zero-order chi connectivity index (χ0) is 22.0. The van der Waals surface area contributed by atoms with Crippen LogP contribution in [0.3, 0.4) is 0 Å². The van der Waals surface area contributed by atoms with E-state index in [4.69, 9.17) is 0 Å². The minimum Gasteiger partial charge on any atom is -0.352 e. The highest BCUT2D eigenvalue weighted by molar-refractivity contribution is 7.07. The van der Waals surface area contributed by atoms with E-state index in [1.54, 1.807) is 29.4 Å². The van der Waals surface area contributed by atoms with Gasteiger partial charge in [0.2, 0.25) is 5.91 Å². The first-order valence-electron chi connectivity index (χ1n) is 11.7. The molecule has 168 valence electrons. The van der Waals surface area contributed by atoms with Gasteiger partial charge in [-0.2, -0.15) is 11.3 Å². The number of halogens is 1. The third-order valence-corrected chi connectivity index (χ3v) is 10.3. The number of nitrogens with one attached hydrogen (secondary N) is 1. The Labute approximate surface area is 188 Å². The molecule has 7 atom stereocenters. The number of amides is 2. The molecule has 2 heterocycles. The Kier molecular flexibility index (Phi) is 5.07. The Bertz CT molecular complexity index is 915. The van der Waals surface area contributed by atoms with Crippen LogP contribution in [0.2, 0.25) is 0 Å². The quantitative estimate of drug-likeness (QED) is 0.720. The number of rotatable bonds is 3. The van der Waals surface area contributed by atoms with E-state index in [1.165, 1.54) is 0 Å². The smallest absolute Gasteiger partial charge is 0.282 e. The van der Waals surface area contributed by atoms with E-state index in [-0.39, 0.29) is 28.7 Å². The van der Waals surface area contributed by atoms with Crippen molar-refractivity contribution in [3.05, 3.63) is 34.3 Å². The number of fused-ring (bicyclic) bond motifs is 5. The lowest BCUT2D eigenvalue weighted by molar-refractivity contribution is -0.145. The van der Waals surface area contributed by atoms with Gasteiger partial charge in [-0.1, -0.05) is 13.8 Å². The molecule has 0 spiro atoms. The van der Waals surface area contributed by atoms with E-state index in [0.29, 0.717) is 24.3 Å². The van der Waals surface area contributed by atoms with Gasteiger partial charge in [0.1, 0.15) is 0 Å². The van der Waals surface area contributed by atoms with Gasteiger partial charge in [-0.15, -0.1) is 0 Å². The predicted octanol–water partition coefficient (Wildman–Crippen LogP) is 4.92. The summed E-state index contributed by atoms with van der Waals surface area (Å²) >= 11 is 1.66. The average molecular weight is 445 g/mol. The second-order valence-corrected chi connectivity index (χ2v) is 11.5. The van der Waals surface area contributed by atoms with Crippen LogP contribution in [0.1, 0.15) is 57.9 Å². The monoisotopic (exact) mass is 444 g/mol. The summed E-state index contributed by atoms with van der Waals surface area (Å²) in [5.41, 5.74) is 0.871. The average Bonchev–Trinajstić information content (AvgIpc) is 3.37. The van der Waals surface area contributed by atoms with Crippen molar-refractivity contribution >= 4 is 23.2 Å². The van der Waals surface area contributed by atoms with Crippen LogP contribution in [0.4, 0.5) is 4.39 Å². The van der Waals surface area contributed by atoms with Crippen molar-refractivity contribution in [2.24, 2.45) is 34.5 Å². The fourth-order valence-corrected chi connectivity index (χ4v) is 8.63. The van der Waals surface area contributed by atoms with Gasteiger partial charge in [0.25, 0.3) is 5.91 Å². The van der Waals surface area contributed by atoms with Crippen LogP contribution in [-0.2, 0) is 16.1 Å². The van der Waals surface area contributed by atoms with Crippen LogP contribution >= 0.6 is 11.3 Å². The highest BCUT2D eigenvalue weighted by atomic mass is 32.1. The van der Waals surface area contributed by atoms with Gasteiger partial charge in [0.05, 0.1) is 0 Å². The summed E-state index contributed by atoms with van der Waals surface area (Å²) in [6.07, 6.45) is 7.68. The lowest BCUT2D eigenvalue weighted by atomic mass is 9.47. The molecule has 0 saturated heterocycles. The Morgan fingerprint density at radius 3 is 2.77 bits per heavy atom. The largest absolute Gasteiger partial charge is 0.352 e. The molecule has 5 rings (SSSR count). The fraction of sp³-hybridized carbons (Fsp3) is 0.680. The minimum atomic E-state index is -0.590. The molecule has 0 bridgehead atoms. The first-order valence-corrected chi connectivity index (χ1v) is 12.6. The number of hydrogen-bond acceptors (Lipinski definition) is 3. The van der Waals surface area contributed by atoms with Crippen molar-refractivity contribution in [2.45, 2.75) is 65.0 Å². The third kappa shape index (κ3) is 3.12.